The molecule has 230 valence electrons. The molecule has 44 heavy (non-hydrogen) atoms. The van der Waals surface area contributed by atoms with E-state index >= 15 is 0 Å². The molecule has 3 aliphatic rings. The number of phenols is 3. The van der Waals surface area contributed by atoms with Crippen LogP contribution in [0.1, 0.15) is 5.56 Å². The van der Waals surface area contributed by atoms with E-state index in [9.17, 15) is 40.2 Å². The molecule has 2 aromatic carbocycles. The third kappa shape index (κ3) is 6.45. The maximum absolute atomic E-state index is 12.0. The topological polar surface area (TPSA) is 210 Å². The van der Waals surface area contributed by atoms with Crippen LogP contribution < -0.4 is 14.9 Å². The molecule has 0 aromatic heterocycles. The van der Waals surface area contributed by atoms with Gasteiger partial charge in [-0.2, -0.15) is 0 Å². The molecule has 5 atom stereocenters. The summed E-state index contributed by atoms with van der Waals surface area (Å²) >= 11 is 0. The fourth-order valence-corrected chi connectivity index (χ4v) is 4.53. The van der Waals surface area contributed by atoms with Gasteiger partial charge in [0.15, 0.2) is 34.5 Å². The molecular formula is C31H29O13+. The normalized spacial score (nSPS) is 21.8. The third-order valence-electron chi connectivity index (χ3n) is 6.87. The van der Waals surface area contributed by atoms with Crippen LogP contribution in [0, 0.1) is 0 Å². The third-order valence-corrected chi connectivity index (χ3v) is 6.87. The maximum Gasteiger partial charge on any atom is 0.510 e. The molecule has 2 aliphatic heterocycles. The van der Waals surface area contributed by atoms with Crippen LogP contribution in [0.15, 0.2) is 76.0 Å². The standard InChI is InChI=1S/C31H28O13/c1-40-23-10-16(5-8-20(23)34)30-24(13-19-21(35)11-18(33)12-22(19)42-30)43-31-29(39)28(38)27(37)25(44-31)14-41-26(36)9-4-15-2-6-17(32)7-3-15/h2-13,25,27-29,31-32,34-35,37-39H,14H2,1H3/p+1/t25-,27-,28+,29-,31?/m1/s1. The fraction of sp³-hybridized carbons (Fsp3) is 0.226. The summed E-state index contributed by atoms with van der Waals surface area (Å²) in [6, 6.07) is 13.8. The molecule has 13 heteroatoms. The largest absolute Gasteiger partial charge is 0.510 e. The number of benzene rings is 3. The average Bonchev–Trinajstić information content (AvgIpc) is 3.00. The van der Waals surface area contributed by atoms with Crippen molar-refractivity contribution in [1.82, 2.24) is 0 Å². The summed E-state index contributed by atoms with van der Waals surface area (Å²) in [7, 11) is 1.34. The van der Waals surface area contributed by atoms with Gasteiger partial charge in [-0.3, -0.25) is 4.79 Å². The van der Waals surface area contributed by atoms with Crippen molar-refractivity contribution in [2.24, 2.45) is 0 Å². The van der Waals surface area contributed by atoms with Crippen molar-refractivity contribution in [3.8, 4) is 51.4 Å². The van der Waals surface area contributed by atoms with Crippen molar-refractivity contribution in [2.75, 3.05) is 13.7 Å². The minimum Gasteiger partial charge on any atom is -0.508 e. The van der Waals surface area contributed by atoms with E-state index in [1.165, 1.54) is 55.7 Å². The Hall–Kier alpha value is -5.08. The Balaban J connectivity index is 1.41. The molecular weight excluding hydrogens is 580 g/mol. The number of methoxy groups -OCH3 is 1. The number of esters is 1. The van der Waals surface area contributed by atoms with Gasteiger partial charge in [-0.1, -0.05) is 12.1 Å². The number of hydrogen-bond donors (Lipinski definition) is 6. The van der Waals surface area contributed by atoms with Crippen LogP contribution in [0.25, 0.3) is 28.7 Å². The number of fused-ring (bicyclic) bond motifs is 1. The quantitative estimate of drug-likeness (QED) is 0.0962. The van der Waals surface area contributed by atoms with Gasteiger partial charge in [0, 0.05) is 17.7 Å². The van der Waals surface area contributed by atoms with Crippen molar-refractivity contribution in [1.29, 1.82) is 0 Å². The van der Waals surface area contributed by atoms with Gasteiger partial charge in [0.25, 0.3) is 0 Å². The number of aliphatic hydroxyl groups excluding tert-OH is 3. The molecule has 2 heterocycles. The second kappa shape index (κ2) is 12.7. The molecule has 0 radical (unpaired) electrons. The minimum absolute atomic E-state index is 0.00241. The highest BCUT2D eigenvalue weighted by Gasteiger charge is 2.47. The van der Waals surface area contributed by atoms with Crippen molar-refractivity contribution >= 4 is 12.0 Å². The number of aromatic hydroxyl groups is 3. The van der Waals surface area contributed by atoms with Crippen LogP contribution in [0.4, 0.5) is 0 Å². The van der Waals surface area contributed by atoms with Crippen molar-refractivity contribution in [2.45, 2.75) is 30.7 Å². The zero-order valence-corrected chi connectivity index (χ0v) is 23.1. The van der Waals surface area contributed by atoms with E-state index in [0.29, 0.717) is 11.1 Å². The molecule has 1 saturated heterocycles. The molecule has 0 bridgehead atoms. The summed E-state index contributed by atoms with van der Waals surface area (Å²) in [6.07, 6.45) is -5.36. The first-order valence-corrected chi connectivity index (χ1v) is 13.2. The smallest absolute Gasteiger partial charge is 0.508 e. The van der Waals surface area contributed by atoms with Gasteiger partial charge >= 0.3 is 5.97 Å². The molecule has 0 amide bonds. The Labute approximate surface area is 249 Å². The summed E-state index contributed by atoms with van der Waals surface area (Å²) < 4.78 is 28.0. The van der Waals surface area contributed by atoms with Gasteiger partial charge in [0.2, 0.25) is 12.9 Å². The van der Waals surface area contributed by atoms with Crippen molar-refractivity contribution < 1.29 is 58.8 Å². The summed E-state index contributed by atoms with van der Waals surface area (Å²) in [5.41, 5.74) is 0.516. The van der Waals surface area contributed by atoms with Crippen LogP contribution in [0.5, 0.6) is 28.7 Å². The zero-order valence-electron chi connectivity index (χ0n) is 23.1. The molecule has 7 N–H and O–H groups in total. The molecule has 13 nitrogen and oxygen atoms in total. The highest BCUT2D eigenvalue weighted by molar-refractivity contribution is 5.88. The number of carbonyl (C=O) groups excluding carboxylic acids is 1. The lowest BCUT2D eigenvalue weighted by Crippen LogP contribution is -2.60. The van der Waals surface area contributed by atoms with Gasteiger partial charge in [-0.15, -0.1) is 0 Å². The fourth-order valence-electron chi connectivity index (χ4n) is 4.53. The lowest BCUT2D eigenvalue weighted by Gasteiger charge is -2.39. The predicted octanol–water partition coefficient (Wildman–Crippen LogP) is 1.96. The second-order valence-electron chi connectivity index (χ2n) is 9.89. The summed E-state index contributed by atoms with van der Waals surface area (Å²) in [4.78, 5) is 22.2. The predicted molar refractivity (Wildman–Crippen MR) is 154 cm³/mol. The Kier molecular flexibility index (Phi) is 8.73. The molecule has 2 aromatic rings. The first-order chi connectivity index (χ1) is 21.0. The average molecular weight is 610 g/mol. The van der Waals surface area contributed by atoms with E-state index < -0.39 is 54.5 Å². The molecule has 5 rings (SSSR count). The first kappa shape index (κ1) is 30.4. The van der Waals surface area contributed by atoms with E-state index in [0.717, 1.165) is 12.1 Å². The number of phenolic OH excluding ortho intramolecular Hbond substituents is 3. The Bertz CT molecular complexity index is 1690. The highest BCUT2D eigenvalue weighted by Crippen LogP contribution is 2.43. The molecule has 1 unspecified atom stereocenters. The highest BCUT2D eigenvalue weighted by atomic mass is 16.7. The summed E-state index contributed by atoms with van der Waals surface area (Å²) in [6.45, 7) is -0.465. The SMILES string of the molecule is COc1cc(-c2oc3cc(=O)cc(O)c-3cc2OC2O[C@H](COC(=[OH+])C=Cc3ccc(O)cc3)[C@@H](O)[C@H](O)[C@H]2O)ccc1O. The van der Waals surface area contributed by atoms with Gasteiger partial charge < -0.3 is 58.8 Å². The summed E-state index contributed by atoms with van der Waals surface area (Å²) in [5, 5.41) is 61.7. The lowest BCUT2D eigenvalue weighted by atomic mass is 9.99. The molecule has 0 saturated carbocycles. The number of ether oxygens (including phenoxy) is 4. The van der Waals surface area contributed by atoms with Crippen LogP contribution in [0.2, 0.25) is 0 Å². The van der Waals surface area contributed by atoms with E-state index in [4.69, 9.17) is 23.4 Å². The van der Waals surface area contributed by atoms with E-state index in [-0.39, 0.29) is 40.1 Å². The second-order valence-corrected chi connectivity index (χ2v) is 9.89. The maximum atomic E-state index is 12.0. The lowest BCUT2D eigenvalue weighted by molar-refractivity contribution is -0.276. The van der Waals surface area contributed by atoms with E-state index in [2.05, 4.69) is 0 Å². The van der Waals surface area contributed by atoms with E-state index in [1.54, 1.807) is 12.1 Å². The molecule has 1 fully saturated rings. The van der Waals surface area contributed by atoms with Gasteiger partial charge in [0.05, 0.1) is 18.7 Å². The summed E-state index contributed by atoms with van der Waals surface area (Å²) in [5.74, 6) is -1.08. The van der Waals surface area contributed by atoms with Crippen molar-refractivity contribution in [3.05, 3.63) is 82.5 Å². The van der Waals surface area contributed by atoms with Gasteiger partial charge in [-0.05, 0) is 48.0 Å². The van der Waals surface area contributed by atoms with Crippen molar-refractivity contribution in [3.63, 3.8) is 0 Å². The van der Waals surface area contributed by atoms with Gasteiger partial charge in [-0.25, -0.2) is 0 Å². The van der Waals surface area contributed by atoms with Gasteiger partial charge in [0.1, 0.15) is 35.6 Å². The first-order valence-electron chi connectivity index (χ1n) is 13.2. The van der Waals surface area contributed by atoms with Crippen LogP contribution in [0.3, 0.4) is 0 Å². The number of aliphatic hydroxyl groups is 3. The Morgan fingerprint density at radius 3 is 2.39 bits per heavy atom. The number of rotatable bonds is 8. The molecule has 0 spiro atoms. The van der Waals surface area contributed by atoms with E-state index in [1.807, 2.05) is 0 Å². The number of hydrogen-bond acceptors (Lipinski definition) is 12. The Morgan fingerprint density at radius 1 is 0.909 bits per heavy atom. The minimum atomic E-state index is -1.77. The zero-order chi connectivity index (χ0) is 31.5. The monoisotopic (exact) mass is 609 g/mol. The molecule has 1 aliphatic carbocycles. The Morgan fingerprint density at radius 2 is 1.66 bits per heavy atom. The van der Waals surface area contributed by atoms with Crippen LogP contribution in [-0.4, -0.2) is 85.8 Å². The van der Waals surface area contributed by atoms with Crippen LogP contribution >= 0.6 is 0 Å². The van der Waals surface area contributed by atoms with Crippen LogP contribution in [-0.2, 0) is 9.47 Å².